The standard InChI is InChI=1S/C35H35FN4O4S/c1-5-44-34(42)28-22-40(20-25-13-9-10-14-29(25)36)33-30(31(28)41)27(21-38(3)19-23-11-7-6-8-12-23)32(45-33)24-15-17-26(18-16-24)39(4)35(43)37-2/h6-18,22H,5,19-21H2,1-4H3,(H,37,43). The molecule has 0 saturated heterocycles. The largest absolute Gasteiger partial charge is 0.462 e. The fourth-order valence-corrected chi connectivity index (χ4v) is 6.59. The molecule has 2 amide bonds. The molecule has 0 atom stereocenters. The summed E-state index contributed by atoms with van der Waals surface area (Å²) in [6.07, 6.45) is 1.48. The van der Waals surface area contributed by atoms with Gasteiger partial charge in [-0.3, -0.25) is 14.6 Å². The molecule has 0 aliphatic heterocycles. The zero-order valence-corrected chi connectivity index (χ0v) is 26.5. The topological polar surface area (TPSA) is 83.9 Å². The molecule has 1 N–H and O–H groups in total. The number of urea groups is 1. The van der Waals surface area contributed by atoms with E-state index in [2.05, 4.69) is 10.2 Å². The van der Waals surface area contributed by atoms with E-state index in [1.807, 2.05) is 61.6 Å². The lowest BCUT2D eigenvalue weighted by molar-refractivity contribution is 0.0524. The molecular weight excluding hydrogens is 591 g/mol. The Kier molecular flexibility index (Phi) is 9.75. The third-order valence-corrected chi connectivity index (χ3v) is 8.88. The van der Waals surface area contributed by atoms with Crippen molar-refractivity contribution in [1.82, 2.24) is 14.8 Å². The summed E-state index contributed by atoms with van der Waals surface area (Å²) >= 11 is 1.42. The molecule has 2 aromatic heterocycles. The predicted molar refractivity (Wildman–Crippen MR) is 177 cm³/mol. The number of carbonyl (C=O) groups excluding carboxylic acids is 2. The van der Waals surface area contributed by atoms with Gasteiger partial charge in [0.1, 0.15) is 16.2 Å². The molecule has 5 rings (SSSR count). The third kappa shape index (κ3) is 6.82. The van der Waals surface area contributed by atoms with Crippen LogP contribution >= 0.6 is 11.3 Å². The van der Waals surface area contributed by atoms with Crippen molar-refractivity contribution in [2.45, 2.75) is 26.6 Å². The number of ether oxygens (including phenoxy) is 1. The van der Waals surface area contributed by atoms with Crippen LogP contribution < -0.4 is 15.6 Å². The van der Waals surface area contributed by atoms with Crippen molar-refractivity contribution in [3.8, 4) is 10.4 Å². The van der Waals surface area contributed by atoms with Crippen molar-refractivity contribution >= 4 is 39.2 Å². The summed E-state index contributed by atoms with van der Waals surface area (Å²) in [7, 11) is 5.24. The Hall–Kier alpha value is -4.80. The van der Waals surface area contributed by atoms with Crippen LogP contribution in [0.1, 0.15) is 34.0 Å². The van der Waals surface area contributed by atoms with Crippen LogP contribution in [0.25, 0.3) is 20.7 Å². The highest BCUT2D eigenvalue weighted by Gasteiger charge is 2.25. The number of amides is 2. The summed E-state index contributed by atoms with van der Waals surface area (Å²) in [5, 5.41) is 3.03. The molecule has 45 heavy (non-hydrogen) atoms. The van der Waals surface area contributed by atoms with E-state index in [1.165, 1.54) is 28.5 Å². The average molecular weight is 627 g/mol. The number of hydrogen-bond acceptors (Lipinski definition) is 6. The van der Waals surface area contributed by atoms with E-state index >= 15 is 0 Å². The van der Waals surface area contributed by atoms with Crippen LogP contribution in [0.4, 0.5) is 14.9 Å². The molecule has 5 aromatic rings. The number of anilines is 1. The van der Waals surface area contributed by atoms with Crippen molar-refractivity contribution in [2.24, 2.45) is 0 Å². The number of fused-ring (bicyclic) bond motifs is 1. The lowest BCUT2D eigenvalue weighted by Gasteiger charge is -2.19. The molecule has 232 valence electrons. The Bertz CT molecular complexity index is 1890. The Balaban J connectivity index is 1.71. The zero-order chi connectivity index (χ0) is 32.1. The van der Waals surface area contributed by atoms with E-state index in [0.29, 0.717) is 34.6 Å². The summed E-state index contributed by atoms with van der Waals surface area (Å²) < 4.78 is 21.9. The molecule has 0 spiro atoms. The summed E-state index contributed by atoms with van der Waals surface area (Å²) in [5.74, 6) is -1.10. The molecule has 10 heteroatoms. The summed E-state index contributed by atoms with van der Waals surface area (Å²) in [4.78, 5) is 44.5. The molecule has 0 aliphatic carbocycles. The van der Waals surface area contributed by atoms with Crippen LogP contribution in [0, 0.1) is 5.82 Å². The maximum absolute atomic E-state index is 14.8. The minimum absolute atomic E-state index is 0.0976. The number of pyridine rings is 1. The highest BCUT2D eigenvalue weighted by atomic mass is 32.1. The van der Waals surface area contributed by atoms with E-state index in [9.17, 15) is 18.8 Å². The van der Waals surface area contributed by atoms with Gasteiger partial charge in [0.15, 0.2) is 0 Å². The van der Waals surface area contributed by atoms with Crippen molar-refractivity contribution in [3.63, 3.8) is 0 Å². The Morgan fingerprint density at radius 3 is 2.31 bits per heavy atom. The van der Waals surface area contributed by atoms with Gasteiger partial charge in [-0.2, -0.15) is 0 Å². The van der Waals surface area contributed by atoms with Crippen molar-refractivity contribution in [2.75, 3.05) is 32.6 Å². The quantitative estimate of drug-likeness (QED) is 0.179. The van der Waals surface area contributed by atoms with Crippen LogP contribution in [0.5, 0.6) is 0 Å². The van der Waals surface area contributed by atoms with E-state index in [1.54, 1.807) is 43.8 Å². The maximum Gasteiger partial charge on any atom is 0.343 e. The van der Waals surface area contributed by atoms with Gasteiger partial charge in [-0.25, -0.2) is 14.0 Å². The Morgan fingerprint density at radius 2 is 1.64 bits per heavy atom. The molecule has 0 radical (unpaired) electrons. The average Bonchev–Trinajstić information content (AvgIpc) is 3.42. The van der Waals surface area contributed by atoms with Gasteiger partial charge in [-0.1, -0.05) is 60.7 Å². The maximum atomic E-state index is 14.8. The fraction of sp³-hybridized carbons (Fsp3) is 0.229. The smallest absolute Gasteiger partial charge is 0.343 e. The van der Waals surface area contributed by atoms with Crippen LogP contribution in [-0.4, -0.2) is 49.2 Å². The van der Waals surface area contributed by atoms with Gasteiger partial charge < -0.3 is 14.6 Å². The van der Waals surface area contributed by atoms with E-state index in [0.717, 1.165) is 21.6 Å². The molecule has 0 saturated carbocycles. The van der Waals surface area contributed by atoms with Crippen LogP contribution in [0.2, 0.25) is 0 Å². The van der Waals surface area contributed by atoms with Crippen LogP contribution in [-0.2, 0) is 24.4 Å². The number of nitrogens with one attached hydrogen (secondary N) is 1. The van der Waals surface area contributed by atoms with E-state index < -0.39 is 11.4 Å². The monoisotopic (exact) mass is 626 g/mol. The number of hydrogen-bond donors (Lipinski definition) is 1. The van der Waals surface area contributed by atoms with E-state index in [4.69, 9.17) is 4.74 Å². The Morgan fingerprint density at radius 1 is 0.956 bits per heavy atom. The second kappa shape index (κ2) is 13.9. The lowest BCUT2D eigenvalue weighted by Crippen LogP contribution is -2.34. The van der Waals surface area contributed by atoms with Gasteiger partial charge in [0.05, 0.1) is 18.5 Å². The van der Waals surface area contributed by atoms with Gasteiger partial charge >= 0.3 is 12.0 Å². The summed E-state index contributed by atoms with van der Waals surface area (Å²) in [5.41, 5.74) is 3.34. The van der Waals surface area contributed by atoms with Gasteiger partial charge in [0.25, 0.3) is 0 Å². The molecule has 0 aliphatic rings. The van der Waals surface area contributed by atoms with Crippen molar-refractivity contribution < 1.29 is 18.7 Å². The fourth-order valence-electron chi connectivity index (χ4n) is 5.30. The number of rotatable bonds is 10. The third-order valence-electron chi connectivity index (χ3n) is 7.56. The van der Waals surface area contributed by atoms with Crippen molar-refractivity contribution in [3.05, 3.63) is 123 Å². The molecule has 0 unspecified atom stereocenters. The SMILES string of the molecule is CCOC(=O)c1cn(Cc2ccccc2F)c2sc(-c3ccc(N(C)C(=O)NC)cc3)c(CN(C)Cc3ccccc3)c2c1=O. The highest BCUT2D eigenvalue weighted by molar-refractivity contribution is 7.22. The highest BCUT2D eigenvalue weighted by Crippen LogP contribution is 2.39. The minimum atomic E-state index is -0.718. The second-order valence-electron chi connectivity index (χ2n) is 10.7. The van der Waals surface area contributed by atoms with Gasteiger partial charge in [0, 0.05) is 49.5 Å². The first kappa shape index (κ1) is 31.6. The van der Waals surface area contributed by atoms with Crippen LogP contribution in [0.15, 0.2) is 89.9 Å². The van der Waals surface area contributed by atoms with Gasteiger partial charge in [0.2, 0.25) is 5.43 Å². The molecule has 0 fully saturated rings. The molecule has 8 nitrogen and oxygen atoms in total. The number of thiophene rings is 1. The first-order valence-corrected chi connectivity index (χ1v) is 15.4. The van der Waals surface area contributed by atoms with Gasteiger partial charge in [-0.15, -0.1) is 11.3 Å². The second-order valence-corrected chi connectivity index (χ2v) is 11.7. The predicted octanol–water partition coefficient (Wildman–Crippen LogP) is 6.50. The zero-order valence-electron chi connectivity index (χ0n) is 25.7. The number of halogens is 1. The number of nitrogens with zero attached hydrogens (tertiary/aromatic N) is 3. The summed E-state index contributed by atoms with van der Waals surface area (Å²) in [6.45, 7) is 2.96. The van der Waals surface area contributed by atoms with Gasteiger partial charge in [-0.05, 0) is 48.9 Å². The first-order valence-electron chi connectivity index (χ1n) is 14.6. The molecule has 3 aromatic carbocycles. The minimum Gasteiger partial charge on any atom is -0.462 e. The van der Waals surface area contributed by atoms with E-state index in [-0.39, 0.29) is 30.6 Å². The molecule has 0 bridgehead atoms. The number of aromatic nitrogens is 1. The lowest BCUT2D eigenvalue weighted by atomic mass is 10.0. The Labute approximate surface area is 265 Å². The van der Waals surface area contributed by atoms with Crippen LogP contribution in [0.3, 0.4) is 0 Å². The molecule has 2 heterocycles. The number of carbonyl (C=O) groups is 2. The summed E-state index contributed by atoms with van der Waals surface area (Å²) in [6, 6.07) is 23.8. The number of esters is 1. The molecular formula is C35H35FN4O4S. The van der Waals surface area contributed by atoms with Crippen molar-refractivity contribution in [1.29, 1.82) is 0 Å². The number of benzene rings is 3. The normalized spacial score (nSPS) is 11.2. The first-order chi connectivity index (χ1) is 21.7.